The summed E-state index contributed by atoms with van der Waals surface area (Å²) in [6, 6.07) is 0. The van der Waals surface area contributed by atoms with Gasteiger partial charge in [0.15, 0.2) is 0 Å². The zero-order valence-corrected chi connectivity index (χ0v) is 7.52. The number of carbonyl (C=O) groups is 2. The van der Waals surface area contributed by atoms with E-state index >= 15 is 0 Å². The van der Waals surface area contributed by atoms with E-state index in [1.54, 1.807) is 13.5 Å². The topological polar surface area (TPSA) is 58.2 Å². The summed E-state index contributed by atoms with van der Waals surface area (Å²) >= 11 is 0. The van der Waals surface area contributed by atoms with Gasteiger partial charge in [-0.2, -0.15) is 0 Å². The van der Waals surface area contributed by atoms with Gasteiger partial charge in [-0.3, -0.25) is 9.59 Å². The van der Waals surface area contributed by atoms with Crippen molar-refractivity contribution in [3.8, 4) is 0 Å². The average Bonchev–Trinajstić information content (AvgIpc) is 2.04. The molecule has 0 spiro atoms. The van der Waals surface area contributed by atoms with Gasteiger partial charge in [-0.25, -0.2) is 0 Å². The summed E-state index contributed by atoms with van der Waals surface area (Å²) in [5.41, 5.74) is 0. The number of hydrogen-bond donors (Lipinski definition) is 2. The monoisotopic (exact) mass is 171 g/mol. The molecule has 0 heterocycles. The standard InChI is InChI=1S/C8H15N2O2/c1-3-10-8(12)6-4-5-7(11)9-2/h4H,3,5-6H2,1-2H3,(H,9,11)(H,10,12). The molecule has 2 amide bonds. The summed E-state index contributed by atoms with van der Waals surface area (Å²) in [5, 5.41) is 5.10. The van der Waals surface area contributed by atoms with Crippen LogP contribution in [0.25, 0.3) is 0 Å². The first-order valence-electron chi connectivity index (χ1n) is 3.99. The van der Waals surface area contributed by atoms with Crippen molar-refractivity contribution >= 4 is 11.8 Å². The Morgan fingerprint density at radius 1 is 1.25 bits per heavy atom. The van der Waals surface area contributed by atoms with Gasteiger partial charge in [0.05, 0.1) is 0 Å². The Balaban J connectivity index is 3.30. The minimum atomic E-state index is -0.0701. The van der Waals surface area contributed by atoms with E-state index in [-0.39, 0.29) is 11.8 Å². The Bertz CT molecular complexity index is 157. The maximum Gasteiger partial charge on any atom is 0.220 e. The normalized spacial score (nSPS) is 9.17. The van der Waals surface area contributed by atoms with Crippen LogP contribution < -0.4 is 10.6 Å². The van der Waals surface area contributed by atoms with Crippen LogP contribution in [0.2, 0.25) is 0 Å². The van der Waals surface area contributed by atoms with Gasteiger partial charge in [0.1, 0.15) is 0 Å². The van der Waals surface area contributed by atoms with E-state index in [0.717, 1.165) is 0 Å². The molecule has 69 valence electrons. The van der Waals surface area contributed by atoms with E-state index in [9.17, 15) is 9.59 Å². The van der Waals surface area contributed by atoms with Gasteiger partial charge in [0.2, 0.25) is 11.8 Å². The maximum atomic E-state index is 10.8. The molecule has 0 unspecified atom stereocenters. The van der Waals surface area contributed by atoms with Crippen LogP contribution in [0.1, 0.15) is 19.8 Å². The highest BCUT2D eigenvalue weighted by Gasteiger charge is 2.02. The van der Waals surface area contributed by atoms with Gasteiger partial charge >= 0.3 is 0 Å². The molecule has 12 heavy (non-hydrogen) atoms. The number of hydrogen-bond acceptors (Lipinski definition) is 2. The van der Waals surface area contributed by atoms with Crippen molar-refractivity contribution in [1.29, 1.82) is 0 Å². The zero-order chi connectivity index (χ0) is 9.40. The highest BCUT2D eigenvalue weighted by Crippen LogP contribution is 1.92. The molecule has 0 aromatic rings. The Morgan fingerprint density at radius 2 is 1.83 bits per heavy atom. The van der Waals surface area contributed by atoms with Crippen LogP contribution in [0.15, 0.2) is 0 Å². The minimum absolute atomic E-state index is 0.0404. The number of amides is 2. The average molecular weight is 171 g/mol. The summed E-state index contributed by atoms with van der Waals surface area (Å²) in [4.78, 5) is 21.5. The van der Waals surface area contributed by atoms with E-state index < -0.39 is 0 Å². The van der Waals surface area contributed by atoms with Gasteiger partial charge in [0, 0.05) is 26.4 Å². The minimum Gasteiger partial charge on any atom is -0.359 e. The quantitative estimate of drug-likeness (QED) is 0.604. The summed E-state index contributed by atoms with van der Waals surface area (Å²) < 4.78 is 0. The fourth-order valence-electron chi connectivity index (χ4n) is 0.706. The van der Waals surface area contributed by atoms with E-state index in [0.29, 0.717) is 19.4 Å². The highest BCUT2D eigenvalue weighted by atomic mass is 16.2. The predicted molar refractivity (Wildman–Crippen MR) is 46.3 cm³/mol. The van der Waals surface area contributed by atoms with Crippen molar-refractivity contribution in [3.05, 3.63) is 6.42 Å². The van der Waals surface area contributed by atoms with Crippen molar-refractivity contribution in [3.63, 3.8) is 0 Å². The molecule has 0 saturated carbocycles. The van der Waals surface area contributed by atoms with Crippen LogP contribution in [0.5, 0.6) is 0 Å². The van der Waals surface area contributed by atoms with Crippen LogP contribution >= 0.6 is 0 Å². The maximum absolute atomic E-state index is 10.8. The Kier molecular flexibility index (Phi) is 6.05. The molecule has 4 heteroatoms. The molecule has 0 atom stereocenters. The van der Waals surface area contributed by atoms with Crippen LogP contribution in [0.3, 0.4) is 0 Å². The molecule has 1 radical (unpaired) electrons. The summed E-state index contributed by atoms with van der Waals surface area (Å²) in [5.74, 6) is -0.110. The third-order valence-corrected chi connectivity index (χ3v) is 1.31. The summed E-state index contributed by atoms with van der Waals surface area (Å²) in [7, 11) is 1.57. The van der Waals surface area contributed by atoms with Crippen LogP contribution in [0.4, 0.5) is 0 Å². The summed E-state index contributed by atoms with van der Waals surface area (Å²) in [6.07, 6.45) is 2.26. The predicted octanol–water partition coefficient (Wildman–Crippen LogP) is -0.147. The van der Waals surface area contributed by atoms with Gasteiger partial charge in [-0.15, -0.1) is 0 Å². The second-order valence-electron chi connectivity index (χ2n) is 2.32. The first-order valence-corrected chi connectivity index (χ1v) is 3.99. The highest BCUT2D eigenvalue weighted by molar-refractivity contribution is 5.80. The molecule has 2 N–H and O–H groups in total. The van der Waals surface area contributed by atoms with Gasteiger partial charge in [-0.1, -0.05) is 0 Å². The second kappa shape index (κ2) is 6.64. The van der Waals surface area contributed by atoms with E-state index in [1.165, 1.54) is 0 Å². The molecule has 0 saturated heterocycles. The molecule has 4 nitrogen and oxygen atoms in total. The largest absolute Gasteiger partial charge is 0.359 e. The smallest absolute Gasteiger partial charge is 0.220 e. The van der Waals surface area contributed by atoms with Crippen molar-refractivity contribution in [2.45, 2.75) is 19.8 Å². The fraction of sp³-hybridized carbons (Fsp3) is 0.625. The molecule has 0 aliphatic rings. The number of carbonyl (C=O) groups excluding carboxylic acids is 2. The molecule has 0 aromatic carbocycles. The lowest BCUT2D eigenvalue weighted by Gasteiger charge is -2.00. The van der Waals surface area contributed by atoms with E-state index in [4.69, 9.17) is 0 Å². The van der Waals surface area contributed by atoms with E-state index in [1.807, 2.05) is 6.92 Å². The lowest BCUT2D eigenvalue weighted by Crippen LogP contribution is -2.23. The zero-order valence-electron chi connectivity index (χ0n) is 7.52. The molecule has 0 rings (SSSR count). The molecular weight excluding hydrogens is 156 g/mol. The van der Waals surface area contributed by atoms with Crippen LogP contribution in [-0.4, -0.2) is 25.4 Å². The van der Waals surface area contributed by atoms with E-state index in [2.05, 4.69) is 10.6 Å². The molecule has 0 bridgehead atoms. The number of rotatable bonds is 5. The lowest BCUT2D eigenvalue weighted by atomic mass is 10.2. The van der Waals surface area contributed by atoms with Crippen molar-refractivity contribution in [2.75, 3.05) is 13.6 Å². The molecule has 0 aliphatic carbocycles. The van der Waals surface area contributed by atoms with Gasteiger partial charge in [0.25, 0.3) is 0 Å². The Morgan fingerprint density at radius 3 is 2.33 bits per heavy atom. The van der Waals surface area contributed by atoms with Crippen molar-refractivity contribution < 1.29 is 9.59 Å². The second-order valence-corrected chi connectivity index (χ2v) is 2.32. The fourth-order valence-corrected chi connectivity index (χ4v) is 0.706. The molecule has 0 aromatic heterocycles. The third-order valence-electron chi connectivity index (χ3n) is 1.31. The van der Waals surface area contributed by atoms with Crippen molar-refractivity contribution in [1.82, 2.24) is 10.6 Å². The SMILES string of the molecule is CCNC(=O)C[CH]CC(=O)NC. The first-order chi connectivity index (χ1) is 5.70. The van der Waals surface area contributed by atoms with Crippen molar-refractivity contribution in [2.24, 2.45) is 0 Å². The van der Waals surface area contributed by atoms with Gasteiger partial charge < -0.3 is 10.6 Å². The first kappa shape index (κ1) is 10.9. The number of nitrogens with one attached hydrogen (secondary N) is 2. The molecule has 0 aliphatic heterocycles. The lowest BCUT2D eigenvalue weighted by molar-refractivity contribution is -0.120. The molecule has 0 fully saturated rings. The Hall–Kier alpha value is -1.06. The van der Waals surface area contributed by atoms with Crippen LogP contribution in [0, 0.1) is 6.42 Å². The summed E-state index contributed by atoms with van der Waals surface area (Å²) in [6.45, 7) is 2.49. The third kappa shape index (κ3) is 5.70. The Labute approximate surface area is 72.7 Å². The van der Waals surface area contributed by atoms with Crippen LogP contribution in [-0.2, 0) is 9.59 Å². The van der Waals surface area contributed by atoms with Gasteiger partial charge in [-0.05, 0) is 13.3 Å². The molecular formula is C8H15N2O2.